The maximum Gasteiger partial charge on any atom is 0.243 e. The van der Waals surface area contributed by atoms with Crippen LogP contribution >= 0.6 is 0 Å². The third kappa shape index (κ3) is 5.57. The Balaban J connectivity index is 1.48. The molecule has 37 heavy (non-hydrogen) atoms. The number of amides is 2. The number of nitrogens with one attached hydrogen (secondary N) is 1. The Kier molecular flexibility index (Phi) is 7.74. The fraction of sp³-hybridized carbons (Fsp3) is 0.379. The predicted molar refractivity (Wildman–Crippen MR) is 138 cm³/mol. The molecule has 1 fully saturated rings. The monoisotopic (exact) mass is 500 g/mol. The maximum atomic E-state index is 13.6. The van der Waals surface area contributed by atoms with E-state index in [1.54, 1.807) is 19.1 Å². The average molecular weight is 501 g/mol. The van der Waals surface area contributed by atoms with E-state index >= 15 is 0 Å². The van der Waals surface area contributed by atoms with Gasteiger partial charge in [0.25, 0.3) is 0 Å². The molecule has 0 aliphatic carbocycles. The molecule has 8 nitrogen and oxygen atoms in total. The van der Waals surface area contributed by atoms with Crippen LogP contribution in [-0.4, -0.2) is 45.7 Å². The van der Waals surface area contributed by atoms with Crippen molar-refractivity contribution < 1.29 is 19.2 Å². The Labute approximate surface area is 216 Å². The molecular weight excluding hydrogens is 468 g/mol. The lowest BCUT2D eigenvalue weighted by atomic mass is 9.91. The summed E-state index contributed by atoms with van der Waals surface area (Å²) in [5.41, 5.74) is 3.93. The van der Waals surface area contributed by atoms with E-state index in [0.29, 0.717) is 17.0 Å². The highest BCUT2D eigenvalue weighted by molar-refractivity contribution is 5.91. The molecule has 2 amide bonds. The highest BCUT2D eigenvalue weighted by atomic mass is 16.5. The van der Waals surface area contributed by atoms with E-state index < -0.39 is 18.1 Å². The van der Waals surface area contributed by atoms with Gasteiger partial charge >= 0.3 is 0 Å². The van der Waals surface area contributed by atoms with Crippen LogP contribution in [0.1, 0.15) is 61.7 Å². The van der Waals surface area contributed by atoms with Crippen LogP contribution in [0.3, 0.4) is 0 Å². The molecule has 1 aliphatic rings. The Morgan fingerprint density at radius 1 is 1.16 bits per heavy atom. The number of hydrogen-bond acceptors (Lipinski definition) is 6. The largest absolute Gasteiger partial charge is 0.391 e. The molecule has 1 aromatic heterocycles. The summed E-state index contributed by atoms with van der Waals surface area (Å²) in [5.74, 6) is -0.777. The molecule has 0 spiro atoms. The van der Waals surface area contributed by atoms with E-state index in [-0.39, 0.29) is 36.7 Å². The molecule has 2 aromatic carbocycles. The number of hydrogen-bond donors (Lipinski definition) is 2. The number of rotatable bonds is 7. The van der Waals surface area contributed by atoms with Crippen LogP contribution < -0.4 is 5.32 Å². The summed E-state index contributed by atoms with van der Waals surface area (Å²) in [6.45, 7) is 7.60. The number of aryl methyl sites for hydroxylation is 1. The van der Waals surface area contributed by atoms with Crippen LogP contribution in [0.15, 0.2) is 59.1 Å². The zero-order chi connectivity index (χ0) is 26.7. The van der Waals surface area contributed by atoms with Gasteiger partial charge in [-0.1, -0.05) is 61.5 Å². The van der Waals surface area contributed by atoms with Crippen molar-refractivity contribution in [2.24, 2.45) is 5.92 Å². The summed E-state index contributed by atoms with van der Waals surface area (Å²) >= 11 is 0. The minimum absolute atomic E-state index is 0.0788. The third-order valence-electron chi connectivity index (χ3n) is 6.88. The van der Waals surface area contributed by atoms with Gasteiger partial charge in [0.05, 0.1) is 29.5 Å². The molecule has 4 atom stereocenters. The summed E-state index contributed by atoms with van der Waals surface area (Å²) in [6, 6.07) is 18.0. The van der Waals surface area contributed by atoms with Crippen molar-refractivity contribution in [2.75, 3.05) is 6.54 Å². The zero-order valence-electron chi connectivity index (χ0n) is 21.5. The van der Waals surface area contributed by atoms with Crippen molar-refractivity contribution in [2.45, 2.75) is 58.2 Å². The van der Waals surface area contributed by atoms with Crippen molar-refractivity contribution in [3.63, 3.8) is 0 Å². The van der Waals surface area contributed by atoms with Gasteiger partial charge in [-0.3, -0.25) is 9.59 Å². The van der Waals surface area contributed by atoms with Gasteiger partial charge in [-0.25, -0.2) is 0 Å². The zero-order valence-corrected chi connectivity index (χ0v) is 21.5. The molecule has 1 aliphatic heterocycles. The number of aliphatic hydroxyl groups excluding tert-OH is 1. The van der Waals surface area contributed by atoms with E-state index in [4.69, 9.17) is 4.52 Å². The normalized spacial score (nSPS) is 18.9. The highest BCUT2D eigenvalue weighted by Gasteiger charge is 2.43. The molecule has 0 radical (unpaired) electrons. The van der Waals surface area contributed by atoms with Gasteiger partial charge in [0.15, 0.2) is 0 Å². The lowest BCUT2D eigenvalue weighted by molar-refractivity contribution is -0.141. The van der Waals surface area contributed by atoms with Gasteiger partial charge in [-0.05, 0) is 42.5 Å². The van der Waals surface area contributed by atoms with E-state index in [0.717, 1.165) is 16.7 Å². The molecule has 8 heteroatoms. The molecule has 0 unspecified atom stereocenters. The van der Waals surface area contributed by atoms with Crippen LogP contribution in [0, 0.1) is 24.2 Å². The van der Waals surface area contributed by atoms with E-state index in [1.807, 2.05) is 63.2 Å². The first-order valence-electron chi connectivity index (χ1n) is 12.5. The number of carbonyl (C=O) groups excluding carboxylic acids is 2. The maximum absolute atomic E-state index is 13.6. The number of likely N-dealkylation sites (tertiary alicyclic amines) is 1. The Bertz CT molecular complexity index is 1310. The number of benzene rings is 2. The van der Waals surface area contributed by atoms with Crippen LogP contribution in [0.5, 0.6) is 0 Å². The van der Waals surface area contributed by atoms with Gasteiger partial charge in [-0.2, -0.15) is 5.26 Å². The quantitative estimate of drug-likeness (QED) is 0.504. The smallest absolute Gasteiger partial charge is 0.243 e. The number of aliphatic hydroxyl groups is 1. The molecule has 3 aromatic rings. The molecule has 0 bridgehead atoms. The number of β-amino-alcohol motifs (C(OH)–C–C–N with tert-alkyl or cyclic N) is 1. The van der Waals surface area contributed by atoms with Gasteiger partial charge in [0.1, 0.15) is 17.7 Å². The van der Waals surface area contributed by atoms with Crippen LogP contribution in [-0.2, 0) is 9.59 Å². The number of nitrogens with zero attached hydrogens (tertiary/aromatic N) is 3. The molecule has 2 heterocycles. The summed E-state index contributed by atoms with van der Waals surface area (Å²) < 4.78 is 5.39. The number of carbonyl (C=O) groups is 2. The van der Waals surface area contributed by atoms with E-state index in [1.165, 1.54) is 4.90 Å². The van der Waals surface area contributed by atoms with Gasteiger partial charge in [-0.15, -0.1) is 0 Å². The van der Waals surface area contributed by atoms with Crippen molar-refractivity contribution in [1.29, 1.82) is 5.26 Å². The Morgan fingerprint density at radius 2 is 1.86 bits per heavy atom. The molecule has 0 saturated carbocycles. The van der Waals surface area contributed by atoms with Crippen molar-refractivity contribution >= 4 is 11.8 Å². The van der Waals surface area contributed by atoms with Gasteiger partial charge in [0.2, 0.25) is 11.8 Å². The summed E-state index contributed by atoms with van der Waals surface area (Å²) in [6.07, 6.45) is -0.604. The molecule has 4 rings (SSSR count). The molecular formula is C29H32N4O4. The first-order chi connectivity index (χ1) is 17.7. The second kappa shape index (κ2) is 11.0. The van der Waals surface area contributed by atoms with E-state index in [9.17, 15) is 20.0 Å². The number of nitriles is 1. The highest BCUT2D eigenvalue weighted by Crippen LogP contribution is 2.31. The lowest BCUT2D eigenvalue weighted by Crippen LogP contribution is -2.48. The average Bonchev–Trinajstić information content (AvgIpc) is 3.49. The summed E-state index contributed by atoms with van der Waals surface area (Å²) in [7, 11) is 0. The molecule has 2 N–H and O–H groups in total. The second-order valence-electron chi connectivity index (χ2n) is 10.00. The Hall–Kier alpha value is -3.96. The fourth-order valence-corrected chi connectivity index (χ4v) is 4.93. The molecule has 1 saturated heterocycles. The minimum Gasteiger partial charge on any atom is -0.391 e. The van der Waals surface area contributed by atoms with Crippen molar-refractivity contribution in [3.05, 3.63) is 77.2 Å². The second-order valence-corrected chi connectivity index (χ2v) is 10.00. The SMILES string of the molecule is Cc1cc([C@H](C(=O)N2C[C@H](O)C[C@H]2C(=O)N[C@@H](C)c2ccc(-c3ccccc3C#N)cc2)C(C)C)on1. The Morgan fingerprint density at radius 3 is 2.49 bits per heavy atom. The summed E-state index contributed by atoms with van der Waals surface area (Å²) in [5, 5.41) is 26.7. The van der Waals surface area contributed by atoms with Crippen LogP contribution in [0.4, 0.5) is 0 Å². The standard InChI is InChI=1S/C29H32N4O4/c1-17(2)27(26-13-18(3)32-37-26)29(36)33-16-23(34)14-25(33)28(35)31-19(4)20-9-11-21(12-10-20)24-8-6-5-7-22(24)15-30/h5-13,17,19,23,25,27,34H,14,16H2,1-4H3,(H,31,35)/t19-,23+,25-,27+/m0/s1. The first-order valence-corrected chi connectivity index (χ1v) is 12.5. The summed E-state index contributed by atoms with van der Waals surface area (Å²) in [4.78, 5) is 28.3. The van der Waals surface area contributed by atoms with Gasteiger partial charge < -0.3 is 19.8 Å². The first kappa shape index (κ1) is 26.1. The van der Waals surface area contributed by atoms with Gasteiger partial charge in [0, 0.05) is 19.0 Å². The topological polar surface area (TPSA) is 119 Å². The van der Waals surface area contributed by atoms with Crippen LogP contribution in [0.2, 0.25) is 0 Å². The van der Waals surface area contributed by atoms with Crippen LogP contribution in [0.25, 0.3) is 11.1 Å². The third-order valence-corrected chi connectivity index (χ3v) is 6.88. The minimum atomic E-state index is -0.781. The van der Waals surface area contributed by atoms with Crippen molar-refractivity contribution in [3.8, 4) is 17.2 Å². The fourth-order valence-electron chi connectivity index (χ4n) is 4.93. The predicted octanol–water partition coefficient (Wildman–Crippen LogP) is 4.10. The lowest BCUT2D eigenvalue weighted by Gasteiger charge is -2.29. The van der Waals surface area contributed by atoms with Crippen molar-refractivity contribution in [1.82, 2.24) is 15.4 Å². The molecule has 192 valence electrons. The number of aromatic nitrogens is 1. The van der Waals surface area contributed by atoms with E-state index in [2.05, 4.69) is 16.5 Å².